The number of anilines is 1. The van der Waals surface area contributed by atoms with E-state index < -0.39 is 0 Å². The van der Waals surface area contributed by atoms with E-state index in [0.29, 0.717) is 6.54 Å². The van der Waals surface area contributed by atoms with Gasteiger partial charge in [0.05, 0.1) is 13.2 Å². The molecule has 0 saturated carbocycles. The molecule has 0 radical (unpaired) electrons. The Labute approximate surface area is 208 Å². The van der Waals surface area contributed by atoms with Crippen LogP contribution in [0.3, 0.4) is 0 Å². The zero-order valence-electron chi connectivity index (χ0n) is 22.2. The van der Waals surface area contributed by atoms with E-state index in [1.807, 2.05) is 48.0 Å². The second kappa shape index (κ2) is 16.3. The molecule has 1 aromatic carbocycles. The van der Waals surface area contributed by atoms with E-state index in [1.165, 1.54) is 70.6 Å². The van der Waals surface area contributed by atoms with E-state index in [1.54, 1.807) is 6.92 Å². The topological polar surface area (TPSA) is 33.4 Å². The van der Waals surface area contributed by atoms with Gasteiger partial charge in [-0.05, 0) is 42.7 Å². The molecular formula is C30H47N2O2+. The van der Waals surface area contributed by atoms with E-state index in [4.69, 9.17) is 4.74 Å². The molecule has 4 nitrogen and oxygen atoms in total. The molecule has 1 amide bonds. The van der Waals surface area contributed by atoms with E-state index in [0.717, 1.165) is 35.6 Å². The molecule has 0 aliphatic carbocycles. The number of pyridine rings is 1. The van der Waals surface area contributed by atoms with E-state index in [9.17, 15) is 4.79 Å². The molecule has 0 atom stereocenters. The van der Waals surface area contributed by atoms with Gasteiger partial charge in [0.15, 0.2) is 12.4 Å². The molecule has 0 saturated heterocycles. The van der Waals surface area contributed by atoms with Gasteiger partial charge in [-0.3, -0.25) is 4.79 Å². The Morgan fingerprint density at radius 3 is 1.94 bits per heavy atom. The van der Waals surface area contributed by atoms with Crippen LogP contribution in [0.4, 0.5) is 5.69 Å². The third kappa shape index (κ3) is 10.7. The van der Waals surface area contributed by atoms with Crippen LogP contribution in [0.15, 0.2) is 42.7 Å². The maximum Gasteiger partial charge on any atom is 0.224 e. The quantitative estimate of drug-likeness (QED) is 0.179. The van der Waals surface area contributed by atoms with Crippen LogP contribution in [-0.2, 0) is 18.4 Å². The Morgan fingerprint density at radius 2 is 1.41 bits per heavy atom. The summed E-state index contributed by atoms with van der Waals surface area (Å²) in [6, 6.07) is 10.2. The van der Waals surface area contributed by atoms with Crippen molar-refractivity contribution < 1.29 is 14.1 Å². The molecule has 2 rings (SSSR count). The summed E-state index contributed by atoms with van der Waals surface area (Å²) >= 11 is 0. The number of rotatable bonds is 17. The van der Waals surface area contributed by atoms with Crippen molar-refractivity contribution in [2.45, 2.75) is 104 Å². The summed E-state index contributed by atoms with van der Waals surface area (Å²) in [5.74, 6) is 0.932. The van der Waals surface area contributed by atoms with Gasteiger partial charge in [-0.15, -0.1) is 0 Å². The first kappa shape index (κ1) is 27.9. The molecule has 0 spiro atoms. The highest BCUT2D eigenvalue weighted by Crippen LogP contribution is 2.26. The smallest absolute Gasteiger partial charge is 0.224 e. The highest BCUT2D eigenvalue weighted by atomic mass is 16.5. The van der Waals surface area contributed by atoms with Crippen molar-refractivity contribution in [3.63, 3.8) is 0 Å². The zero-order chi connectivity index (χ0) is 24.6. The summed E-state index contributed by atoms with van der Waals surface area (Å²) < 4.78 is 7.99. The van der Waals surface area contributed by atoms with Gasteiger partial charge in [0.1, 0.15) is 12.8 Å². The molecule has 0 fully saturated rings. The van der Waals surface area contributed by atoms with Crippen molar-refractivity contribution in [2.24, 2.45) is 7.05 Å². The fraction of sp³-hybridized carbons (Fsp3) is 0.600. The lowest BCUT2D eigenvalue weighted by Gasteiger charge is -2.23. The lowest BCUT2D eigenvalue weighted by molar-refractivity contribution is -0.671. The zero-order valence-corrected chi connectivity index (χ0v) is 22.2. The van der Waals surface area contributed by atoms with Crippen LogP contribution in [0.25, 0.3) is 0 Å². The first-order valence-electron chi connectivity index (χ1n) is 13.5. The molecule has 188 valence electrons. The molecule has 0 unspecified atom stereocenters. The maximum absolute atomic E-state index is 12.4. The molecule has 4 heteroatoms. The number of ether oxygens (including phenoxy) is 1. The van der Waals surface area contributed by atoms with Crippen LogP contribution in [0, 0.1) is 6.92 Å². The van der Waals surface area contributed by atoms with Crippen LogP contribution in [-0.4, -0.2) is 12.5 Å². The summed E-state index contributed by atoms with van der Waals surface area (Å²) in [6.07, 6.45) is 20.2. The largest absolute Gasteiger partial charge is 0.494 e. The monoisotopic (exact) mass is 467 g/mol. The van der Waals surface area contributed by atoms with E-state index in [-0.39, 0.29) is 5.91 Å². The van der Waals surface area contributed by atoms with Gasteiger partial charge in [-0.2, -0.15) is 0 Å². The third-order valence-electron chi connectivity index (χ3n) is 6.49. The van der Waals surface area contributed by atoms with Crippen molar-refractivity contribution >= 4 is 11.6 Å². The van der Waals surface area contributed by atoms with E-state index in [2.05, 4.69) is 25.1 Å². The molecule has 0 aliphatic rings. The number of aryl methyl sites for hydroxylation is 2. The van der Waals surface area contributed by atoms with Gasteiger partial charge in [-0.25, -0.2) is 4.57 Å². The van der Waals surface area contributed by atoms with Gasteiger partial charge in [0.25, 0.3) is 0 Å². The molecular weight excluding hydrogens is 420 g/mol. The maximum atomic E-state index is 12.4. The van der Waals surface area contributed by atoms with Gasteiger partial charge in [-0.1, -0.05) is 77.6 Å². The third-order valence-corrected chi connectivity index (χ3v) is 6.49. The Balaban J connectivity index is 1.66. The number of hydrogen-bond donors (Lipinski definition) is 0. The van der Waals surface area contributed by atoms with Crippen molar-refractivity contribution in [3.8, 4) is 5.75 Å². The fourth-order valence-corrected chi connectivity index (χ4v) is 4.34. The Bertz CT molecular complexity index is 832. The predicted molar refractivity (Wildman–Crippen MR) is 142 cm³/mol. The van der Waals surface area contributed by atoms with Crippen LogP contribution in [0.5, 0.6) is 5.75 Å². The molecule has 1 aromatic heterocycles. The minimum Gasteiger partial charge on any atom is -0.494 e. The number of benzene rings is 1. The van der Waals surface area contributed by atoms with Crippen molar-refractivity contribution in [1.82, 2.24) is 0 Å². The van der Waals surface area contributed by atoms with Crippen LogP contribution < -0.4 is 14.2 Å². The molecule has 2 aromatic rings. The van der Waals surface area contributed by atoms with Gasteiger partial charge in [0.2, 0.25) is 5.91 Å². The summed E-state index contributed by atoms with van der Waals surface area (Å²) in [4.78, 5) is 14.2. The highest BCUT2D eigenvalue weighted by Gasteiger charge is 2.15. The predicted octanol–water partition coefficient (Wildman–Crippen LogP) is 7.45. The number of amides is 1. The number of carbonyl (C=O) groups is 1. The average Bonchev–Trinajstić information content (AvgIpc) is 2.82. The Kier molecular flexibility index (Phi) is 13.4. The van der Waals surface area contributed by atoms with Crippen molar-refractivity contribution in [2.75, 3.05) is 11.5 Å². The Morgan fingerprint density at radius 1 is 0.853 bits per heavy atom. The van der Waals surface area contributed by atoms with Gasteiger partial charge < -0.3 is 9.64 Å². The summed E-state index contributed by atoms with van der Waals surface area (Å²) in [6.45, 7) is 7.27. The number of unbranched alkanes of at least 4 members (excludes halogenated alkanes) is 11. The summed E-state index contributed by atoms with van der Waals surface area (Å²) in [5, 5.41) is 0. The molecule has 1 heterocycles. The number of nitrogens with zero attached hydrogens (tertiary/aromatic N) is 2. The molecule has 34 heavy (non-hydrogen) atoms. The highest BCUT2D eigenvalue weighted by molar-refractivity contribution is 5.92. The van der Waals surface area contributed by atoms with Crippen LogP contribution >= 0.6 is 0 Å². The lowest BCUT2D eigenvalue weighted by Crippen LogP contribution is -2.30. The molecule has 0 N–H and O–H groups in total. The Hall–Kier alpha value is -2.36. The molecule has 0 aliphatic heterocycles. The second-order valence-electron chi connectivity index (χ2n) is 9.66. The fourth-order valence-electron chi connectivity index (χ4n) is 4.34. The number of aromatic nitrogens is 1. The van der Waals surface area contributed by atoms with Crippen molar-refractivity contribution in [3.05, 3.63) is 53.9 Å². The summed E-state index contributed by atoms with van der Waals surface area (Å²) in [7, 11) is 1.99. The first-order chi connectivity index (χ1) is 16.5. The van der Waals surface area contributed by atoms with Crippen LogP contribution in [0.2, 0.25) is 0 Å². The number of carbonyl (C=O) groups excluding carboxylic acids is 1. The summed E-state index contributed by atoms with van der Waals surface area (Å²) in [5.41, 5.74) is 3.11. The van der Waals surface area contributed by atoms with E-state index >= 15 is 0 Å². The van der Waals surface area contributed by atoms with Crippen LogP contribution in [0.1, 0.15) is 102 Å². The van der Waals surface area contributed by atoms with Gasteiger partial charge >= 0.3 is 0 Å². The van der Waals surface area contributed by atoms with Crippen molar-refractivity contribution in [1.29, 1.82) is 0 Å². The first-order valence-corrected chi connectivity index (χ1v) is 13.5. The lowest BCUT2D eigenvalue weighted by atomic mass is 10.1. The normalized spacial score (nSPS) is 10.9. The molecule has 0 bridgehead atoms. The minimum absolute atomic E-state index is 0.0430. The number of hydrogen-bond acceptors (Lipinski definition) is 2. The SMILES string of the molecule is CCCCCCCCCCCCCCOc1ccc(N(Cc2cc[n+](C)cc2)C(C)=O)c(C)c1. The van der Waals surface area contributed by atoms with Gasteiger partial charge in [0, 0.05) is 24.7 Å². The standard InChI is InChI=1S/C30H47N2O2/c1-5-6-7-8-9-10-11-12-13-14-15-16-23-34-29-17-18-30(26(2)24-29)32(27(3)33)25-28-19-21-31(4)22-20-28/h17-22,24H,5-16,23,25H2,1-4H3/q+1. The average molecular weight is 468 g/mol. The minimum atomic E-state index is 0.0430. The second-order valence-corrected chi connectivity index (χ2v) is 9.66.